The highest BCUT2D eigenvalue weighted by molar-refractivity contribution is 6.11. The van der Waals surface area contributed by atoms with Crippen LogP contribution in [-0.4, -0.2) is 27.7 Å². The zero-order chi connectivity index (χ0) is 21.6. The van der Waals surface area contributed by atoms with Crippen molar-refractivity contribution >= 4 is 16.8 Å². The fourth-order valence-corrected chi connectivity index (χ4v) is 3.96. The van der Waals surface area contributed by atoms with Crippen molar-refractivity contribution in [3.8, 4) is 22.6 Å². The molecule has 156 valence electrons. The van der Waals surface area contributed by atoms with Crippen molar-refractivity contribution in [2.75, 3.05) is 0 Å². The maximum atomic E-state index is 12.9. The summed E-state index contributed by atoms with van der Waals surface area (Å²) >= 11 is 0. The number of ketones is 1. The van der Waals surface area contributed by atoms with E-state index >= 15 is 0 Å². The smallest absolute Gasteiger partial charge is 0.336 e. The Kier molecular flexibility index (Phi) is 4.90. The third-order valence-electron chi connectivity index (χ3n) is 5.49. The first-order valence-corrected chi connectivity index (χ1v) is 10.1. The zero-order valence-electron chi connectivity index (χ0n) is 17.2. The van der Waals surface area contributed by atoms with Gasteiger partial charge in [-0.3, -0.25) is 4.79 Å². The second-order valence-corrected chi connectivity index (χ2v) is 8.22. The number of Topliss-reactive ketones (excluding diaryl/α,β-unsaturated/α-hetero) is 1. The van der Waals surface area contributed by atoms with E-state index in [1.165, 1.54) is 6.07 Å². The molecule has 4 rings (SSSR count). The average molecular weight is 408 g/mol. The van der Waals surface area contributed by atoms with Gasteiger partial charge < -0.3 is 19.4 Å². The van der Waals surface area contributed by atoms with Crippen LogP contribution in [0.3, 0.4) is 0 Å². The lowest BCUT2D eigenvalue weighted by molar-refractivity contribution is -0.0232. The first-order valence-electron chi connectivity index (χ1n) is 10.1. The summed E-state index contributed by atoms with van der Waals surface area (Å²) < 4.78 is 11.5. The lowest BCUT2D eigenvalue weighted by atomic mass is 9.91. The van der Waals surface area contributed by atoms with Gasteiger partial charge in [-0.15, -0.1) is 0 Å². The van der Waals surface area contributed by atoms with Gasteiger partial charge in [0.2, 0.25) is 0 Å². The fraction of sp³-hybridized carbons (Fsp3) is 0.333. The van der Waals surface area contributed by atoms with Crippen LogP contribution in [-0.2, 0) is 6.42 Å². The van der Waals surface area contributed by atoms with E-state index in [0.717, 1.165) is 5.56 Å². The Morgan fingerprint density at radius 3 is 2.57 bits per heavy atom. The van der Waals surface area contributed by atoms with Gasteiger partial charge in [0.1, 0.15) is 28.7 Å². The van der Waals surface area contributed by atoms with E-state index in [2.05, 4.69) is 0 Å². The Bertz CT molecular complexity index is 1180. The van der Waals surface area contributed by atoms with Crippen molar-refractivity contribution in [2.45, 2.75) is 51.7 Å². The Labute approximate surface area is 173 Å². The molecular weight excluding hydrogens is 384 g/mol. The summed E-state index contributed by atoms with van der Waals surface area (Å²) in [5, 5.41) is 22.0. The Morgan fingerprint density at radius 2 is 1.93 bits per heavy atom. The van der Waals surface area contributed by atoms with Gasteiger partial charge in [0.25, 0.3) is 0 Å². The van der Waals surface area contributed by atoms with Gasteiger partial charge in [0, 0.05) is 30.0 Å². The second kappa shape index (κ2) is 7.29. The first-order chi connectivity index (χ1) is 14.2. The normalized spacial score (nSPS) is 15.8. The molecular formula is C24H24O6. The minimum atomic E-state index is -1.19. The van der Waals surface area contributed by atoms with Crippen LogP contribution in [0, 0.1) is 0 Å². The van der Waals surface area contributed by atoms with E-state index in [9.17, 15) is 19.8 Å². The first kappa shape index (κ1) is 20.2. The van der Waals surface area contributed by atoms with Crippen LogP contribution in [0.4, 0.5) is 0 Å². The average Bonchev–Trinajstić information content (AvgIpc) is 3.14. The molecule has 0 radical (unpaired) electrons. The number of carbonyl (C=O) groups is 1. The van der Waals surface area contributed by atoms with Crippen molar-refractivity contribution < 1.29 is 24.2 Å². The molecule has 0 saturated heterocycles. The van der Waals surface area contributed by atoms with Crippen molar-refractivity contribution in [1.82, 2.24) is 0 Å². The third-order valence-corrected chi connectivity index (χ3v) is 5.49. The van der Waals surface area contributed by atoms with E-state index in [0.29, 0.717) is 22.9 Å². The number of hydrogen-bond donors (Lipinski definition) is 2. The molecule has 6 heteroatoms. The Morgan fingerprint density at radius 1 is 1.23 bits per heavy atom. The molecule has 0 aliphatic carbocycles. The summed E-state index contributed by atoms with van der Waals surface area (Å²) in [4.78, 5) is 25.3. The summed E-state index contributed by atoms with van der Waals surface area (Å²) in [5.41, 5.74) is 0.234. The van der Waals surface area contributed by atoms with Crippen molar-refractivity contribution in [3.63, 3.8) is 0 Å². The number of benzene rings is 2. The molecule has 1 aliphatic heterocycles. The van der Waals surface area contributed by atoms with Gasteiger partial charge in [0.15, 0.2) is 5.78 Å². The van der Waals surface area contributed by atoms with Gasteiger partial charge in [-0.2, -0.15) is 0 Å². The molecule has 6 nitrogen and oxygen atoms in total. The Hall–Kier alpha value is -3.12. The highest BCUT2D eigenvalue weighted by Crippen LogP contribution is 2.48. The summed E-state index contributed by atoms with van der Waals surface area (Å²) in [6, 6.07) is 10.5. The van der Waals surface area contributed by atoms with E-state index in [1.807, 2.05) is 37.3 Å². The van der Waals surface area contributed by atoms with Gasteiger partial charge in [-0.05, 0) is 25.8 Å². The lowest BCUT2D eigenvalue weighted by Gasteiger charge is -2.24. The molecule has 0 fully saturated rings. The number of phenols is 1. The van der Waals surface area contributed by atoms with E-state index in [4.69, 9.17) is 9.15 Å². The largest absolute Gasteiger partial charge is 0.506 e. The number of rotatable bonds is 5. The summed E-state index contributed by atoms with van der Waals surface area (Å²) in [7, 11) is 0. The maximum Gasteiger partial charge on any atom is 0.336 e. The number of ether oxygens (including phenoxy) is 1. The molecule has 1 aliphatic rings. The predicted octanol–water partition coefficient (Wildman–Crippen LogP) is 4.22. The van der Waals surface area contributed by atoms with Crippen LogP contribution in [0.1, 0.15) is 49.5 Å². The van der Waals surface area contributed by atoms with Crippen LogP contribution in [0.2, 0.25) is 0 Å². The highest BCUT2D eigenvalue weighted by Gasteiger charge is 2.40. The minimum absolute atomic E-state index is 0.0807. The number of hydrogen-bond acceptors (Lipinski definition) is 6. The molecule has 0 bridgehead atoms. The minimum Gasteiger partial charge on any atom is -0.506 e. The van der Waals surface area contributed by atoms with Gasteiger partial charge >= 0.3 is 5.63 Å². The van der Waals surface area contributed by atoms with Gasteiger partial charge in [-0.25, -0.2) is 4.79 Å². The quantitative estimate of drug-likeness (QED) is 0.485. The number of phenolic OH excluding ortho intramolecular Hbond substituents is 1. The molecule has 2 heterocycles. The van der Waals surface area contributed by atoms with E-state index in [1.54, 1.807) is 13.8 Å². The standard InChI is InChI=1S/C24H24O6/c1-4-8-16(25)20-21(27)19-14(13-9-6-5-7-10-13)12-18(26)30-22(19)15-11-17(24(2,3)28)29-23(15)20/h5-7,9-10,12,17,27-28H,4,8,11H2,1-3H3/t17-/m1/s1. The van der Waals surface area contributed by atoms with E-state index in [-0.39, 0.29) is 41.3 Å². The monoisotopic (exact) mass is 408 g/mol. The summed E-state index contributed by atoms with van der Waals surface area (Å²) in [6.07, 6.45) is 0.453. The number of fused-ring (bicyclic) bond motifs is 3. The fourth-order valence-electron chi connectivity index (χ4n) is 3.96. The molecule has 2 N–H and O–H groups in total. The SMILES string of the molecule is CCCC(=O)c1c2c(c3oc(=O)cc(-c4ccccc4)c3c1O)C[C@H](C(C)(C)O)O2. The topological polar surface area (TPSA) is 97.0 Å². The lowest BCUT2D eigenvalue weighted by Crippen LogP contribution is -2.39. The molecule has 2 aromatic carbocycles. The van der Waals surface area contributed by atoms with E-state index < -0.39 is 17.3 Å². The molecule has 1 atom stereocenters. The highest BCUT2D eigenvalue weighted by atomic mass is 16.5. The van der Waals surface area contributed by atoms with Crippen molar-refractivity contribution in [1.29, 1.82) is 0 Å². The summed E-state index contributed by atoms with van der Waals surface area (Å²) in [6.45, 7) is 5.11. The zero-order valence-corrected chi connectivity index (χ0v) is 17.2. The van der Waals surface area contributed by atoms with Crippen molar-refractivity contribution in [2.24, 2.45) is 0 Å². The molecule has 1 aromatic heterocycles. The Balaban J connectivity index is 2.10. The van der Waals surface area contributed by atoms with Crippen LogP contribution in [0.5, 0.6) is 11.5 Å². The number of aromatic hydroxyl groups is 1. The maximum absolute atomic E-state index is 12.9. The molecule has 0 saturated carbocycles. The predicted molar refractivity (Wildman–Crippen MR) is 113 cm³/mol. The number of carbonyl (C=O) groups excluding carboxylic acids is 1. The number of aliphatic hydroxyl groups is 1. The molecule has 3 aromatic rings. The molecule has 0 spiro atoms. The second-order valence-electron chi connectivity index (χ2n) is 8.22. The molecule has 0 unspecified atom stereocenters. The van der Waals surface area contributed by atoms with Crippen LogP contribution in [0.25, 0.3) is 22.1 Å². The third kappa shape index (κ3) is 3.27. The molecule has 0 amide bonds. The summed E-state index contributed by atoms with van der Waals surface area (Å²) in [5.74, 6) is -0.324. The van der Waals surface area contributed by atoms with Gasteiger partial charge in [0.05, 0.1) is 11.0 Å². The van der Waals surface area contributed by atoms with Crippen LogP contribution in [0.15, 0.2) is 45.6 Å². The van der Waals surface area contributed by atoms with Crippen LogP contribution >= 0.6 is 0 Å². The molecule has 30 heavy (non-hydrogen) atoms. The van der Waals surface area contributed by atoms with Gasteiger partial charge in [-0.1, -0.05) is 37.3 Å². The van der Waals surface area contributed by atoms with Crippen molar-refractivity contribution in [3.05, 3.63) is 57.9 Å². The van der Waals surface area contributed by atoms with Crippen LogP contribution < -0.4 is 10.4 Å².